The number of pyridine rings is 2. The van der Waals surface area contributed by atoms with E-state index in [1.165, 1.54) is 6.21 Å². The molecule has 0 bridgehead atoms. The van der Waals surface area contributed by atoms with E-state index in [0.717, 1.165) is 22.2 Å². The number of hydrogen-bond donors (Lipinski definition) is 2. The summed E-state index contributed by atoms with van der Waals surface area (Å²) in [5, 5.41) is 11.1. The second-order valence-electron chi connectivity index (χ2n) is 4.46. The van der Waals surface area contributed by atoms with E-state index in [2.05, 4.69) is 15.3 Å². The molecule has 0 saturated heterocycles. The first-order chi connectivity index (χ1) is 9.10. The van der Waals surface area contributed by atoms with Crippen molar-refractivity contribution in [3.8, 4) is 0 Å². The molecule has 2 heterocycles. The number of halogens is 1. The van der Waals surface area contributed by atoms with Crippen LogP contribution >= 0.6 is 11.6 Å². The Morgan fingerprint density at radius 1 is 1.37 bits per heavy atom. The van der Waals surface area contributed by atoms with Gasteiger partial charge in [-0.15, -0.1) is 0 Å². The molecule has 0 saturated carbocycles. The van der Waals surface area contributed by atoms with Gasteiger partial charge in [-0.25, -0.2) is 4.98 Å². The second-order valence-corrected chi connectivity index (χ2v) is 4.85. The zero-order chi connectivity index (χ0) is 13.8. The van der Waals surface area contributed by atoms with Gasteiger partial charge in [0.1, 0.15) is 5.15 Å². The van der Waals surface area contributed by atoms with E-state index >= 15 is 0 Å². The van der Waals surface area contributed by atoms with E-state index in [0.29, 0.717) is 11.2 Å². The smallest absolute Gasteiger partial charge is 0.129 e. The van der Waals surface area contributed by atoms with Crippen LogP contribution in [0.5, 0.6) is 0 Å². The molecule has 2 rings (SSSR count). The van der Waals surface area contributed by atoms with E-state index in [9.17, 15) is 0 Å². The van der Waals surface area contributed by atoms with Crippen LogP contribution in [0, 0.1) is 5.41 Å². The summed E-state index contributed by atoms with van der Waals surface area (Å²) in [6, 6.07) is 5.74. The molecule has 0 amide bonds. The minimum atomic E-state index is 0.316. The van der Waals surface area contributed by atoms with Crippen molar-refractivity contribution in [3.63, 3.8) is 0 Å². The number of rotatable bonds is 4. The van der Waals surface area contributed by atoms with Crippen molar-refractivity contribution in [2.45, 2.75) is 19.9 Å². The maximum Gasteiger partial charge on any atom is 0.129 e. The Morgan fingerprint density at radius 3 is 2.84 bits per heavy atom. The number of nitrogens with zero attached hydrogens (tertiary/aromatic N) is 2. The fourth-order valence-electron chi connectivity index (χ4n) is 1.60. The number of hydrogen-bond acceptors (Lipinski definition) is 4. The number of aromatic nitrogens is 2. The van der Waals surface area contributed by atoms with Gasteiger partial charge in [0.2, 0.25) is 0 Å². The number of fused-ring (bicyclic) bond motifs is 1. The second kappa shape index (κ2) is 5.80. The molecule has 4 nitrogen and oxygen atoms in total. The standard InChI is InChI=1S/C14H15ClN4/c1-9(2)17-8-11(6-16)10-5-13-12(18-7-10)3-4-14(15)19-13/h3-9,16-17H,1-2H3/b11-8+,16-6?. The van der Waals surface area contributed by atoms with Crippen LogP contribution in [-0.4, -0.2) is 22.2 Å². The van der Waals surface area contributed by atoms with Crippen molar-refractivity contribution in [1.82, 2.24) is 15.3 Å². The normalized spacial score (nSPS) is 11.9. The van der Waals surface area contributed by atoms with E-state index in [4.69, 9.17) is 17.0 Å². The topological polar surface area (TPSA) is 61.7 Å². The van der Waals surface area contributed by atoms with Gasteiger partial charge in [-0.05, 0) is 32.0 Å². The Kier molecular flexibility index (Phi) is 4.12. The van der Waals surface area contributed by atoms with Crippen LogP contribution in [0.1, 0.15) is 19.4 Å². The van der Waals surface area contributed by atoms with Gasteiger partial charge in [0, 0.05) is 35.8 Å². The predicted molar refractivity (Wildman–Crippen MR) is 79.6 cm³/mol. The number of nitrogens with one attached hydrogen (secondary N) is 2. The molecule has 0 spiro atoms. The maximum absolute atomic E-state index is 7.48. The monoisotopic (exact) mass is 274 g/mol. The van der Waals surface area contributed by atoms with E-state index in [1.54, 1.807) is 12.3 Å². The zero-order valence-corrected chi connectivity index (χ0v) is 11.6. The van der Waals surface area contributed by atoms with Gasteiger partial charge < -0.3 is 10.7 Å². The molecule has 0 aliphatic heterocycles. The molecule has 98 valence electrons. The molecule has 0 aromatic carbocycles. The molecule has 5 heteroatoms. The lowest BCUT2D eigenvalue weighted by molar-refractivity contribution is 0.704. The summed E-state index contributed by atoms with van der Waals surface area (Å²) in [4.78, 5) is 8.55. The van der Waals surface area contributed by atoms with Gasteiger partial charge in [-0.3, -0.25) is 4.98 Å². The summed E-state index contributed by atoms with van der Waals surface area (Å²) in [6.07, 6.45) is 4.84. The van der Waals surface area contributed by atoms with Gasteiger partial charge >= 0.3 is 0 Å². The average molecular weight is 275 g/mol. The van der Waals surface area contributed by atoms with Crippen molar-refractivity contribution in [1.29, 1.82) is 5.41 Å². The highest BCUT2D eigenvalue weighted by Gasteiger charge is 2.04. The van der Waals surface area contributed by atoms with Crippen LogP contribution in [0.2, 0.25) is 5.15 Å². The van der Waals surface area contributed by atoms with Crippen molar-refractivity contribution in [3.05, 3.63) is 41.3 Å². The molecular formula is C14H15ClN4. The van der Waals surface area contributed by atoms with Crippen molar-refractivity contribution < 1.29 is 0 Å². The van der Waals surface area contributed by atoms with Crippen LogP contribution in [0.25, 0.3) is 16.6 Å². The Labute approximate surface area is 117 Å². The van der Waals surface area contributed by atoms with Crippen LogP contribution in [0.3, 0.4) is 0 Å². The lowest BCUT2D eigenvalue weighted by atomic mass is 10.1. The van der Waals surface area contributed by atoms with Crippen LogP contribution in [0.15, 0.2) is 30.6 Å². The highest BCUT2D eigenvalue weighted by atomic mass is 35.5. The summed E-state index contributed by atoms with van der Waals surface area (Å²) in [5.41, 5.74) is 3.10. The van der Waals surface area contributed by atoms with Gasteiger partial charge in [-0.1, -0.05) is 11.6 Å². The lowest BCUT2D eigenvalue weighted by Gasteiger charge is -2.07. The molecule has 0 fully saturated rings. The van der Waals surface area contributed by atoms with Gasteiger partial charge in [0.25, 0.3) is 0 Å². The third-order valence-electron chi connectivity index (χ3n) is 2.56. The quantitative estimate of drug-likeness (QED) is 0.664. The molecule has 0 unspecified atom stereocenters. The Hall–Kier alpha value is -1.94. The molecule has 2 aromatic rings. The molecule has 2 aromatic heterocycles. The summed E-state index contributed by atoms with van der Waals surface area (Å²) >= 11 is 5.88. The van der Waals surface area contributed by atoms with Crippen LogP contribution < -0.4 is 5.32 Å². The lowest BCUT2D eigenvalue weighted by Crippen LogP contribution is -2.16. The SMILES string of the molecule is CC(C)N/C=C(\C=N)c1cnc2ccc(Cl)nc2c1. The van der Waals surface area contributed by atoms with Crippen molar-refractivity contribution in [2.75, 3.05) is 0 Å². The van der Waals surface area contributed by atoms with E-state index in [-0.39, 0.29) is 0 Å². The minimum absolute atomic E-state index is 0.316. The number of allylic oxidation sites excluding steroid dienone is 1. The Balaban J connectivity index is 2.43. The molecule has 0 aliphatic carbocycles. The van der Waals surface area contributed by atoms with Crippen LogP contribution in [-0.2, 0) is 0 Å². The van der Waals surface area contributed by atoms with E-state index < -0.39 is 0 Å². The zero-order valence-electron chi connectivity index (χ0n) is 10.8. The maximum atomic E-state index is 7.48. The Morgan fingerprint density at radius 2 is 2.16 bits per heavy atom. The molecule has 0 aliphatic rings. The highest BCUT2D eigenvalue weighted by Crippen LogP contribution is 2.18. The fourth-order valence-corrected chi connectivity index (χ4v) is 1.76. The average Bonchev–Trinajstić information content (AvgIpc) is 2.38. The summed E-state index contributed by atoms with van der Waals surface area (Å²) in [7, 11) is 0. The first-order valence-electron chi connectivity index (χ1n) is 5.99. The molecular weight excluding hydrogens is 260 g/mol. The first kappa shape index (κ1) is 13.5. The van der Waals surface area contributed by atoms with Gasteiger partial charge in [0.15, 0.2) is 0 Å². The van der Waals surface area contributed by atoms with Crippen LogP contribution in [0.4, 0.5) is 0 Å². The summed E-state index contributed by atoms with van der Waals surface area (Å²) in [6.45, 7) is 4.08. The Bertz CT molecular complexity index is 634. The molecule has 19 heavy (non-hydrogen) atoms. The fraction of sp³-hybridized carbons (Fsp3) is 0.214. The summed E-state index contributed by atoms with van der Waals surface area (Å²) in [5.74, 6) is 0. The van der Waals surface area contributed by atoms with Crippen molar-refractivity contribution >= 4 is 34.4 Å². The largest absolute Gasteiger partial charge is 0.388 e. The molecule has 0 radical (unpaired) electrons. The minimum Gasteiger partial charge on any atom is -0.388 e. The first-order valence-corrected chi connectivity index (χ1v) is 6.37. The third-order valence-corrected chi connectivity index (χ3v) is 2.77. The highest BCUT2D eigenvalue weighted by molar-refractivity contribution is 6.29. The molecule has 0 atom stereocenters. The predicted octanol–water partition coefficient (Wildman–Crippen LogP) is 3.27. The van der Waals surface area contributed by atoms with Crippen molar-refractivity contribution in [2.24, 2.45) is 0 Å². The molecule has 2 N–H and O–H groups in total. The van der Waals surface area contributed by atoms with Gasteiger partial charge in [0.05, 0.1) is 11.0 Å². The summed E-state index contributed by atoms with van der Waals surface area (Å²) < 4.78 is 0. The van der Waals surface area contributed by atoms with Gasteiger partial charge in [-0.2, -0.15) is 0 Å². The van der Waals surface area contributed by atoms with E-state index in [1.807, 2.05) is 32.2 Å². The third kappa shape index (κ3) is 3.29.